The first kappa shape index (κ1) is 23.7. The summed E-state index contributed by atoms with van der Waals surface area (Å²) >= 11 is 0. The Morgan fingerprint density at radius 1 is 1.10 bits per heavy atom. The summed E-state index contributed by atoms with van der Waals surface area (Å²) in [5.74, 6) is 2.43. The van der Waals surface area contributed by atoms with Crippen LogP contribution in [0.5, 0.6) is 5.75 Å². The van der Waals surface area contributed by atoms with Gasteiger partial charge in [0.1, 0.15) is 5.75 Å². The Morgan fingerprint density at radius 2 is 1.87 bits per heavy atom. The van der Waals surface area contributed by atoms with Gasteiger partial charge in [0.25, 0.3) is 0 Å². The van der Waals surface area contributed by atoms with Gasteiger partial charge in [-0.25, -0.2) is 9.67 Å². The Labute approximate surface area is 195 Å². The van der Waals surface area contributed by atoms with Gasteiger partial charge in [0, 0.05) is 37.6 Å². The Kier molecular flexibility index (Phi) is 9.10. The highest BCUT2D eigenvalue weighted by molar-refractivity contribution is 14.0. The molecule has 0 aliphatic carbocycles. The lowest BCUT2D eigenvalue weighted by Gasteiger charge is -2.14. The first-order valence-corrected chi connectivity index (χ1v) is 9.74. The minimum absolute atomic E-state index is 0. The zero-order chi connectivity index (χ0) is 20.6. The molecular formula is C22H29IN6O. The van der Waals surface area contributed by atoms with Crippen LogP contribution in [0.15, 0.2) is 53.7 Å². The predicted octanol–water partition coefficient (Wildman–Crippen LogP) is 3.77. The number of halogens is 1. The van der Waals surface area contributed by atoms with Crippen molar-refractivity contribution in [3.05, 3.63) is 71.2 Å². The minimum atomic E-state index is 0. The van der Waals surface area contributed by atoms with E-state index in [0.29, 0.717) is 19.7 Å². The topological polar surface area (TPSA) is 76.4 Å². The molecule has 8 heteroatoms. The summed E-state index contributed by atoms with van der Waals surface area (Å²) in [5.41, 5.74) is 4.20. The molecule has 0 saturated heterocycles. The fraction of sp³-hybridized carbons (Fsp3) is 0.318. The van der Waals surface area contributed by atoms with E-state index < -0.39 is 0 Å². The van der Waals surface area contributed by atoms with E-state index in [4.69, 9.17) is 4.74 Å². The van der Waals surface area contributed by atoms with Gasteiger partial charge in [-0.2, -0.15) is 5.10 Å². The van der Waals surface area contributed by atoms with Gasteiger partial charge in [-0.1, -0.05) is 24.3 Å². The van der Waals surface area contributed by atoms with Crippen molar-refractivity contribution in [2.75, 3.05) is 13.7 Å². The van der Waals surface area contributed by atoms with Gasteiger partial charge < -0.3 is 15.4 Å². The molecule has 1 aromatic carbocycles. The van der Waals surface area contributed by atoms with Crippen LogP contribution in [0.4, 0.5) is 0 Å². The van der Waals surface area contributed by atoms with Crippen molar-refractivity contribution < 1.29 is 4.74 Å². The van der Waals surface area contributed by atoms with Crippen molar-refractivity contribution in [1.29, 1.82) is 0 Å². The molecule has 0 saturated carbocycles. The molecule has 160 valence electrons. The average Bonchev–Trinajstić information content (AvgIpc) is 3.08. The quantitative estimate of drug-likeness (QED) is 0.282. The second-order valence-electron chi connectivity index (χ2n) is 6.68. The monoisotopic (exact) mass is 520 g/mol. The number of nitrogens with zero attached hydrogens (tertiary/aromatic N) is 4. The summed E-state index contributed by atoms with van der Waals surface area (Å²) in [6.45, 7) is 7.88. The van der Waals surface area contributed by atoms with E-state index in [-0.39, 0.29) is 24.0 Å². The van der Waals surface area contributed by atoms with Gasteiger partial charge in [-0.05, 0) is 44.5 Å². The molecule has 0 aliphatic rings. The van der Waals surface area contributed by atoms with Crippen LogP contribution in [0.2, 0.25) is 0 Å². The van der Waals surface area contributed by atoms with Gasteiger partial charge in [0.05, 0.1) is 12.3 Å². The molecular weight excluding hydrogens is 491 g/mol. The van der Waals surface area contributed by atoms with Crippen molar-refractivity contribution in [3.63, 3.8) is 0 Å². The molecule has 2 heterocycles. The van der Waals surface area contributed by atoms with E-state index in [2.05, 4.69) is 25.7 Å². The number of rotatable bonds is 7. The lowest BCUT2D eigenvalue weighted by molar-refractivity contribution is 0.336. The van der Waals surface area contributed by atoms with Gasteiger partial charge in [0.2, 0.25) is 0 Å². The lowest BCUT2D eigenvalue weighted by atomic mass is 10.2. The van der Waals surface area contributed by atoms with Crippen LogP contribution in [-0.2, 0) is 13.1 Å². The number of ether oxygens (including phenoxy) is 1. The molecule has 0 aliphatic heterocycles. The standard InChI is InChI=1S/C22H28N6O.HI/c1-5-29-20-9-7-6-8-19(20)15-26-22(23-4)25-14-18-10-11-21(24-13-18)28-17(3)12-16(2)27-28;/h6-13H,5,14-15H2,1-4H3,(H2,23,25,26);1H. The molecule has 3 rings (SSSR count). The molecule has 3 aromatic rings. The summed E-state index contributed by atoms with van der Waals surface area (Å²) < 4.78 is 7.52. The summed E-state index contributed by atoms with van der Waals surface area (Å²) in [7, 11) is 1.76. The maximum absolute atomic E-state index is 5.67. The van der Waals surface area contributed by atoms with Gasteiger partial charge >= 0.3 is 0 Å². The van der Waals surface area contributed by atoms with E-state index in [1.807, 2.05) is 74.1 Å². The SMILES string of the molecule is CCOc1ccccc1CNC(=NC)NCc1ccc(-n2nc(C)cc2C)nc1.I. The van der Waals surface area contributed by atoms with Crippen LogP contribution >= 0.6 is 24.0 Å². The normalized spacial score (nSPS) is 11.0. The molecule has 0 bridgehead atoms. The molecule has 7 nitrogen and oxygen atoms in total. The zero-order valence-corrected chi connectivity index (χ0v) is 20.2. The van der Waals surface area contributed by atoms with Gasteiger partial charge in [-0.3, -0.25) is 4.99 Å². The Morgan fingerprint density at radius 3 is 2.50 bits per heavy atom. The molecule has 0 spiro atoms. The summed E-state index contributed by atoms with van der Waals surface area (Å²) in [5, 5.41) is 11.1. The number of aryl methyl sites for hydroxylation is 2. The molecule has 2 aromatic heterocycles. The van der Waals surface area contributed by atoms with Crippen LogP contribution in [0, 0.1) is 13.8 Å². The molecule has 30 heavy (non-hydrogen) atoms. The highest BCUT2D eigenvalue weighted by Gasteiger charge is 2.06. The van der Waals surface area contributed by atoms with Crippen molar-refractivity contribution >= 4 is 29.9 Å². The fourth-order valence-electron chi connectivity index (χ4n) is 3.04. The van der Waals surface area contributed by atoms with Crippen LogP contribution in [0.1, 0.15) is 29.4 Å². The minimum Gasteiger partial charge on any atom is -0.494 e. The first-order valence-electron chi connectivity index (χ1n) is 9.74. The number of nitrogens with one attached hydrogen (secondary N) is 2. The van der Waals surface area contributed by atoms with E-state index in [1.54, 1.807) is 7.05 Å². The van der Waals surface area contributed by atoms with Crippen LogP contribution in [0.25, 0.3) is 5.82 Å². The van der Waals surface area contributed by atoms with Gasteiger partial charge in [-0.15, -0.1) is 24.0 Å². The molecule has 0 fully saturated rings. The summed E-state index contributed by atoms with van der Waals surface area (Å²) in [6.07, 6.45) is 1.86. The van der Waals surface area contributed by atoms with Crippen LogP contribution in [-0.4, -0.2) is 34.4 Å². The largest absolute Gasteiger partial charge is 0.494 e. The second-order valence-corrected chi connectivity index (χ2v) is 6.68. The molecule has 0 unspecified atom stereocenters. The number of hydrogen-bond acceptors (Lipinski definition) is 4. The third-order valence-corrected chi connectivity index (χ3v) is 4.44. The maximum Gasteiger partial charge on any atom is 0.191 e. The maximum atomic E-state index is 5.67. The number of hydrogen-bond donors (Lipinski definition) is 2. The number of aliphatic imine (C=N–C) groups is 1. The third-order valence-electron chi connectivity index (χ3n) is 4.44. The smallest absolute Gasteiger partial charge is 0.191 e. The fourth-order valence-corrected chi connectivity index (χ4v) is 3.04. The molecule has 0 atom stereocenters. The molecule has 0 radical (unpaired) electrons. The van der Waals surface area contributed by atoms with Crippen LogP contribution < -0.4 is 15.4 Å². The summed E-state index contributed by atoms with van der Waals surface area (Å²) in [6, 6.07) is 14.1. The zero-order valence-electron chi connectivity index (χ0n) is 17.8. The van der Waals surface area contributed by atoms with E-state index >= 15 is 0 Å². The predicted molar refractivity (Wildman–Crippen MR) is 131 cm³/mol. The molecule has 0 amide bonds. The Balaban J connectivity index is 0.00000320. The van der Waals surface area contributed by atoms with Crippen LogP contribution in [0.3, 0.4) is 0 Å². The average molecular weight is 520 g/mol. The third kappa shape index (κ3) is 6.19. The highest BCUT2D eigenvalue weighted by Crippen LogP contribution is 2.17. The number of guanidine groups is 1. The number of benzene rings is 1. The first-order chi connectivity index (χ1) is 14.1. The van der Waals surface area contributed by atoms with E-state index in [9.17, 15) is 0 Å². The van der Waals surface area contributed by atoms with Crippen molar-refractivity contribution in [3.8, 4) is 11.6 Å². The van der Waals surface area contributed by atoms with E-state index in [1.165, 1.54) is 0 Å². The van der Waals surface area contributed by atoms with E-state index in [0.717, 1.165) is 40.0 Å². The van der Waals surface area contributed by atoms with Crippen molar-refractivity contribution in [2.24, 2.45) is 4.99 Å². The Hall–Kier alpha value is -2.62. The number of pyridine rings is 1. The second kappa shape index (κ2) is 11.5. The van der Waals surface area contributed by atoms with Crippen molar-refractivity contribution in [1.82, 2.24) is 25.4 Å². The lowest BCUT2D eigenvalue weighted by Crippen LogP contribution is -2.36. The number of para-hydroxylation sites is 1. The van der Waals surface area contributed by atoms with Crippen molar-refractivity contribution in [2.45, 2.75) is 33.9 Å². The highest BCUT2D eigenvalue weighted by atomic mass is 127. The van der Waals surface area contributed by atoms with Gasteiger partial charge in [0.15, 0.2) is 11.8 Å². The molecule has 2 N–H and O–H groups in total. The Bertz CT molecular complexity index is 968. The number of aromatic nitrogens is 3. The summed E-state index contributed by atoms with van der Waals surface area (Å²) in [4.78, 5) is 8.83.